The summed E-state index contributed by atoms with van der Waals surface area (Å²) in [5.74, 6) is -0.149. The molecule has 7 nitrogen and oxygen atoms in total. The van der Waals surface area contributed by atoms with Crippen molar-refractivity contribution in [3.05, 3.63) is 0 Å². The second-order valence-corrected chi connectivity index (χ2v) is 11.8. The number of rotatable bonds is 5. The van der Waals surface area contributed by atoms with Gasteiger partial charge in [0.15, 0.2) is 9.84 Å². The Morgan fingerprint density at radius 3 is 2.26 bits per heavy atom. The molecule has 8 heteroatoms. The van der Waals surface area contributed by atoms with Gasteiger partial charge in [-0.05, 0) is 53.4 Å². The Kier molecular flexibility index (Phi) is 6.81. The lowest BCUT2D eigenvalue weighted by atomic mass is 9.83. The largest absolute Gasteiger partial charge is 0.338 e. The van der Waals surface area contributed by atoms with Crippen molar-refractivity contribution in [3.8, 4) is 0 Å². The highest BCUT2D eigenvalue weighted by Gasteiger charge is 2.42. The second kappa shape index (κ2) is 8.37. The van der Waals surface area contributed by atoms with Crippen LogP contribution in [0.2, 0.25) is 0 Å². The zero-order valence-corrected chi connectivity index (χ0v) is 18.0. The van der Waals surface area contributed by atoms with E-state index < -0.39 is 26.2 Å². The number of hydrogen-bond acceptors (Lipinski definition) is 4. The summed E-state index contributed by atoms with van der Waals surface area (Å²) < 4.78 is 24.6. The maximum Gasteiger partial charge on any atom is 0.315 e. The first-order valence-electron chi connectivity index (χ1n) is 10.0. The quantitative estimate of drug-likeness (QED) is 0.738. The van der Waals surface area contributed by atoms with Gasteiger partial charge < -0.3 is 15.5 Å². The third-order valence-electron chi connectivity index (χ3n) is 5.86. The van der Waals surface area contributed by atoms with Gasteiger partial charge in [-0.15, -0.1) is 0 Å². The average molecular weight is 402 g/mol. The minimum atomic E-state index is -3.37. The number of likely N-dealkylation sites (tertiary alicyclic amines) is 1. The van der Waals surface area contributed by atoms with Crippen LogP contribution in [-0.2, 0) is 14.6 Å². The fourth-order valence-corrected chi connectivity index (χ4v) is 5.48. The molecule has 2 rings (SSSR count). The van der Waals surface area contributed by atoms with Gasteiger partial charge in [0.25, 0.3) is 0 Å². The zero-order valence-electron chi connectivity index (χ0n) is 17.1. The van der Waals surface area contributed by atoms with E-state index >= 15 is 0 Å². The Balaban J connectivity index is 1.99. The molecule has 0 aromatic heterocycles. The van der Waals surface area contributed by atoms with Crippen molar-refractivity contribution in [1.29, 1.82) is 0 Å². The summed E-state index contributed by atoms with van der Waals surface area (Å²) in [6.07, 6.45) is 6.11. The van der Waals surface area contributed by atoms with Crippen LogP contribution < -0.4 is 10.6 Å². The number of nitrogens with one attached hydrogen (secondary N) is 2. The van der Waals surface area contributed by atoms with Crippen molar-refractivity contribution in [2.75, 3.05) is 18.8 Å². The van der Waals surface area contributed by atoms with E-state index in [1.807, 2.05) is 6.92 Å². The molecular weight excluding hydrogens is 366 g/mol. The molecule has 2 N–H and O–H groups in total. The van der Waals surface area contributed by atoms with Crippen molar-refractivity contribution >= 4 is 21.8 Å². The minimum absolute atomic E-state index is 0.0573. The fourth-order valence-electron chi connectivity index (χ4n) is 3.96. The number of hydrogen-bond donors (Lipinski definition) is 2. The molecular formula is C19H35N3O4S. The molecule has 1 aliphatic carbocycles. The molecule has 1 unspecified atom stereocenters. The maximum atomic E-state index is 12.8. The summed E-state index contributed by atoms with van der Waals surface area (Å²) in [5.41, 5.74) is -0.752. The Labute approximate surface area is 163 Å². The fraction of sp³-hybridized carbons (Fsp3) is 0.895. The predicted molar refractivity (Wildman–Crippen MR) is 106 cm³/mol. The van der Waals surface area contributed by atoms with E-state index in [9.17, 15) is 18.0 Å². The van der Waals surface area contributed by atoms with Crippen molar-refractivity contribution in [1.82, 2.24) is 15.5 Å². The van der Waals surface area contributed by atoms with Gasteiger partial charge in [0, 0.05) is 12.6 Å². The van der Waals surface area contributed by atoms with Crippen LogP contribution in [-0.4, -0.2) is 60.4 Å². The molecule has 2 aliphatic rings. The van der Waals surface area contributed by atoms with Gasteiger partial charge in [0.1, 0.15) is 0 Å². The van der Waals surface area contributed by atoms with E-state index in [4.69, 9.17) is 0 Å². The molecule has 2 fully saturated rings. The molecule has 1 saturated carbocycles. The van der Waals surface area contributed by atoms with Crippen molar-refractivity contribution in [3.63, 3.8) is 0 Å². The van der Waals surface area contributed by atoms with Gasteiger partial charge in [0.05, 0.1) is 22.6 Å². The number of amides is 3. The molecule has 0 radical (unpaired) electrons. The molecule has 1 aliphatic heterocycles. The summed E-state index contributed by atoms with van der Waals surface area (Å²) in [4.78, 5) is 26.5. The lowest BCUT2D eigenvalue weighted by molar-refractivity contribution is -0.130. The SMILES string of the molecule is CC1CCCN1C(=O)CNC(=O)NC1(CS(=O)(=O)C(C)(C)C)CCCCC1. The summed E-state index contributed by atoms with van der Waals surface area (Å²) in [6.45, 7) is 7.76. The van der Waals surface area contributed by atoms with Crippen LogP contribution in [0.4, 0.5) is 4.79 Å². The molecule has 156 valence electrons. The Morgan fingerprint density at radius 1 is 1.11 bits per heavy atom. The van der Waals surface area contributed by atoms with Crippen molar-refractivity contribution in [2.24, 2.45) is 0 Å². The van der Waals surface area contributed by atoms with Gasteiger partial charge in [-0.25, -0.2) is 13.2 Å². The highest BCUT2D eigenvalue weighted by molar-refractivity contribution is 7.92. The first kappa shape index (κ1) is 22.0. The van der Waals surface area contributed by atoms with E-state index in [1.165, 1.54) is 0 Å². The van der Waals surface area contributed by atoms with E-state index in [0.29, 0.717) is 12.8 Å². The molecule has 1 atom stereocenters. The number of sulfone groups is 1. The molecule has 0 bridgehead atoms. The molecule has 3 amide bonds. The topological polar surface area (TPSA) is 95.6 Å². The standard InChI is InChI=1S/C19H35N3O4S/c1-15-9-8-12-22(15)16(23)13-20-17(24)21-19(10-6-5-7-11-19)14-27(25,26)18(2,3)4/h15H,5-14H2,1-4H3,(H2,20,21,24). The van der Waals surface area contributed by atoms with Gasteiger partial charge in [-0.2, -0.15) is 0 Å². The predicted octanol–water partition coefficient (Wildman–Crippen LogP) is 2.21. The van der Waals surface area contributed by atoms with Gasteiger partial charge in [-0.1, -0.05) is 19.3 Å². The van der Waals surface area contributed by atoms with Crippen LogP contribution in [0, 0.1) is 0 Å². The Bertz CT molecular complexity index is 648. The number of carbonyl (C=O) groups is 2. The highest BCUT2D eigenvalue weighted by atomic mass is 32.2. The van der Waals surface area contributed by atoms with Gasteiger partial charge in [0.2, 0.25) is 5.91 Å². The number of carbonyl (C=O) groups excluding carboxylic acids is 2. The summed E-state index contributed by atoms with van der Waals surface area (Å²) in [5, 5.41) is 5.56. The number of urea groups is 1. The van der Waals surface area contributed by atoms with E-state index in [1.54, 1.807) is 25.7 Å². The average Bonchev–Trinajstić information content (AvgIpc) is 2.98. The maximum absolute atomic E-state index is 12.8. The summed E-state index contributed by atoms with van der Waals surface area (Å²) in [6, 6.07) is -0.245. The first-order valence-corrected chi connectivity index (χ1v) is 11.7. The summed E-state index contributed by atoms with van der Waals surface area (Å²) in [7, 11) is -3.37. The van der Waals surface area contributed by atoms with Crippen molar-refractivity contribution < 1.29 is 18.0 Å². The van der Waals surface area contributed by atoms with Crippen LogP contribution in [0.15, 0.2) is 0 Å². The molecule has 0 aromatic carbocycles. The Morgan fingerprint density at radius 2 is 1.74 bits per heavy atom. The zero-order chi connectivity index (χ0) is 20.3. The van der Waals surface area contributed by atoms with Crippen molar-refractivity contribution in [2.45, 2.75) is 89.0 Å². The molecule has 1 heterocycles. The second-order valence-electron chi connectivity index (χ2n) is 9.10. The van der Waals surface area contributed by atoms with Crippen LogP contribution >= 0.6 is 0 Å². The monoisotopic (exact) mass is 401 g/mol. The minimum Gasteiger partial charge on any atom is -0.338 e. The van der Waals surface area contributed by atoms with Gasteiger partial charge >= 0.3 is 6.03 Å². The number of nitrogens with zero attached hydrogens (tertiary/aromatic N) is 1. The van der Waals surface area contributed by atoms with Crippen LogP contribution in [0.3, 0.4) is 0 Å². The highest BCUT2D eigenvalue weighted by Crippen LogP contribution is 2.32. The first-order chi connectivity index (χ1) is 12.5. The third-order valence-corrected chi connectivity index (χ3v) is 8.66. The molecule has 0 aromatic rings. The van der Waals surface area contributed by atoms with Crippen LogP contribution in [0.25, 0.3) is 0 Å². The smallest absolute Gasteiger partial charge is 0.315 e. The Hall–Kier alpha value is -1.31. The van der Waals surface area contributed by atoms with Gasteiger partial charge in [-0.3, -0.25) is 4.79 Å². The molecule has 1 saturated heterocycles. The van der Waals surface area contributed by atoms with Crippen LogP contribution in [0.1, 0.15) is 72.6 Å². The lowest BCUT2D eigenvalue weighted by Crippen LogP contribution is -2.59. The van der Waals surface area contributed by atoms with E-state index in [2.05, 4.69) is 10.6 Å². The van der Waals surface area contributed by atoms with E-state index in [-0.39, 0.29) is 24.2 Å². The normalized spacial score (nSPS) is 23.1. The van der Waals surface area contributed by atoms with Crippen LogP contribution in [0.5, 0.6) is 0 Å². The lowest BCUT2D eigenvalue weighted by Gasteiger charge is -2.39. The summed E-state index contributed by atoms with van der Waals surface area (Å²) >= 11 is 0. The molecule has 27 heavy (non-hydrogen) atoms. The van der Waals surface area contributed by atoms with E-state index in [0.717, 1.165) is 38.6 Å². The molecule has 0 spiro atoms. The third kappa shape index (κ3) is 5.59.